The molecule has 0 fully saturated rings. The van der Waals surface area contributed by atoms with Gasteiger partial charge in [-0.15, -0.1) is 0 Å². The van der Waals surface area contributed by atoms with Crippen molar-refractivity contribution in [3.05, 3.63) is 30.1 Å². The summed E-state index contributed by atoms with van der Waals surface area (Å²) in [5.41, 5.74) is 2.07. The molecular weight excluding hydrogens is 252 g/mol. The summed E-state index contributed by atoms with van der Waals surface area (Å²) >= 11 is 0. The van der Waals surface area contributed by atoms with Crippen LogP contribution in [0.4, 0.5) is 0 Å². The molecule has 0 aliphatic heterocycles. The monoisotopic (exact) mass is 274 g/mol. The Labute approximate surface area is 119 Å². The fourth-order valence-corrected chi connectivity index (χ4v) is 2.51. The molecule has 20 heavy (non-hydrogen) atoms. The first kappa shape index (κ1) is 14.6. The number of fused-ring (bicyclic) bond motifs is 1. The largest absolute Gasteiger partial charge is 0.466 e. The number of hydrogen-bond acceptors (Lipinski definition) is 3. The van der Waals surface area contributed by atoms with Crippen molar-refractivity contribution in [3.63, 3.8) is 0 Å². The first-order valence-electron chi connectivity index (χ1n) is 7.24. The van der Waals surface area contributed by atoms with Gasteiger partial charge in [0.25, 0.3) is 0 Å². The molecule has 0 amide bonds. The average molecular weight is 274 g/mol. The van der Waals surface area contributed by atoms with Gasteiger partial charge in [-0.1, -0.05) is 25.5 Å². The van der Waals surface area contributed by atoms with Gasteiger partial charge < -0.3 is 9.30 Å². The Morgan fingerprint density at radius 3 is 2.75 bits per heavy atom. The summed E-state index contributed by atoms with van der Waals surface area (Å²) in [5, 5.41) is 0. The van der Waals surface area contributed by atoms with Crippen LogP contribution in [-0.2, 0) is 23.0 Å². The van der Waals surface area contributed by atoms with E-state index in [-0.39, 0.29) is 11.9 Å². The molecule has 4 heteroatoms. The molecule has 2 aromatic rings. The van der Waals surface area contributed by atoms with E-state index in [1.54, 1.807) is 0 Å². The summed E-state index contributed by atoms with van der Waals surface area (Å²) in [5.74, 6) is 0.731. The van der Waals surface area contributed by atoms with Crippen molar-refractivity contribution in [2.24, 2.45) is 13.0 Å². The van der Waals surface area contributed by atoms with Crippen molar-refractivity contribution in [1.29, 1.82) is 0 Å². The number of carbonyl (C=O) groups excluding carboxylic acids is 1. The van der Waals surface area contributed by atoms with Crippen molar-refractivity contribution in [3.8, 4) is 0 Å². The zero-order chi connectivity index (χ0) is 14.5. The normalized spacial score (nSPS) is 12.6. The first-order valence-corrected chi connectivity index (χ1v) is 7.24. The van der Waals surface area contributed by atoms with Gasteiger partial charge in [0, 0.05) is 13.5 Å². The molecule has 1 unspecified atom stereocenters. The maximum absolute atomic E-state index is 12.0. The van der Waals surface area contributed by atoms with E-state index >= 15 is 0 Å². The molecule has 0 spiro atoms. The Bertz CT molecular complexity index is 589. The van der Waals surface area contributed by atoms with Crippen LogP contribution in [0.1, 0.15) is 32.5 Å². The second kappa shape index (κ2) is 6.55. The highest BCUT2D eigenvalue weighted by atomic mass is 16.5. The van der Waals surface area contributed by atoms with Gasteiger partial charge in [0.05, 0.1) is 23.6 Å². The van der Waals surface area contributed by atoms with Crippen molar-refractivity contribution < 1.29 is 9.53 Å². The van der Waals surface area contributed by atoms with Gasteiger partial charge in [-0.25, -0.2) is 4.98 Å². The molecule has 0 radical (unpaired) electrons. The molecular formula is C16H22N2O2. The maximum atomic E-state index is 12.0. The van der Waals surface area contributed by atoms with Crippen LogP contribution in [-0.4, -0.2) is 22.1 Å². The summed E-state index contributed by atoms with van der Waals surface area (Å²) in [6, 6.07) is 8.03. The van der Waals surface area contributed by atoms with Crippen molar-refractivity contribution in [2.75, 3.05) is 6.61 Å². The van der Waals surface area contributed by atoms with Gasteiger partial charge in [0.15, 0.2) is 0 Å². The molecule has 0 saturated heterocycles. The van der Waals surface area contributed by atoms with Crippen molar-refractivity contribution in [2.45, 2.75) is 33.1 Å². The van der Waals surface area contributed by atoms with Crippen molar-refractivity contribution >= 4 is 17.0 Å². The van der Waals surface area contributed by atoms with Gasteiger partial charge in [-0.2, -0.15) is 0 Å². The second-order valence-electron chi connectivity index (χ2n) is 5.02. The number of aryl methyl sites for hydroxylation is 1. The number of hydrogen-bond donors (Lipinski definition) is 0. The predicted molar refractivity (Wildman–Crippen MR) is 79.4 cm³/mol. The van der Waals surface area contributed by atoms with E-state index in [1.165, 1.54) is 0 Å². The highest BCUT2D eigenvalue weighted by Crippen LogP contribution is 2.20. The Morgan fingerprint density at radius 1 is 1.35 bits per heavy atom. The molecule has 1 heterocycles. The number of para-hydroxylation sites is 2. The number of rotatable bonds is 6. The summed E-state index contributed by atoms with van der Waals surface area (Å²) in [6.07, 6.45) is 2.44. The van der Waals surface area contributed by atoms with Crippen LogP contribution in [0.25, 0.3) is 11.0 Å². The fourth-order valence-electron chi connectivity index (χ4n) is 2.51. The molecule has 4 nitrogen and oxygen atoms in total. The predicted octanol–water partition coefficient (Wildman–Crippen LogP) is 3.10. The molecule has 0 saturated carbocycles. The van der Waals surface area contributed by atoms with Gasteiger partial charge in [-0.05, 0) is 25.5 Å². The van der Waals surface area contributed by atoms with E-state index in [1.807, 2.05) is 38.2 Å². The van der Waals surface area contributed by atoms with Crippen LogP contribution in [0.15, 0.2) is 24.3 Å². The molecule has 0 aliphatic rings. The van der Waals surface area contributed by atoms with Gasteiger partial charge in [-0.3, -0.25) is 4.79 Å². The minimum atomic E-state index is -0.110. The lowest BCUT2D eigenvalue weighted by molar-refractivity contribution is -0.148. The Hall–Kier alpha value is -1.84. The quantitative estimate of drug-likeness (QED) is 0.760. The van der Waals surface area contributed by atoms with E-state index < -0.39 is 0 Å². The number of nitrogens with zero attached hydrogens (tertiary/aromatic N) is 2. The number of ether oxygens (including phenoxy) is 1. The number of aromatic nitrogens is 2. The van der Waals surface area contributed by atoms with E-state index in [0.717, 1.165) is 29.7 Å². The van der Waals surface area contributed by atoms with Crippen molar-refractivity contribution in [1.82, 2.24) is 9.55 Å². The van der Waals surface area contributed by atoms with Gasteiger partial charge >= 0.3 is 5.97 Å². The lowest BCUT2D eigenvalue weighted by Crippen LogP contribution is -2.21. The third-order valence-electron chi connectivity index (χ3n) is 3.57. The molecule has 0 aliphatic carbocycles. The molecule has 1 atom stereocenters. The summed E-state index contributed by atoms with van der Waals surface area (Å²) in [6.45, 7) is 4.36. The van der Waals surface area contributed by atoms with Crippen LogP contribution >= 0.6 is 0 Å². The highest BCUT2D eigenvalue weighted by molar-refractivity contribution is 5.76. The minimum absolute atomic E-state index is 0.101. The Morgan fingerprint density at radius 2 is 2.10 bits per heavy atom. The molecule has 1 aromatic carbocycles. The smallest absolute Gasteiger partial charge is 0.309 e. The summed E-state index contributed by atoms with van der Waals surface area (Å²) in [7, 11) is 2.00. The van der Waals surface area contributed by atoms with Crippen LogP contribution in [0.5, 0.6) is 0 Å². The van der Waals surface area contributed by atoms with E-state index in [4.69, 9.17) is 4.74 Å². The Kier molecular flexibility index (Phi) is 4.77. The van der Waals surface area contributed by atoms with Crippen LogP contribution in [0.2, 0.25) is 0 Å². The number of esters is 1. The Balaban J connectivity index is 2.24. The van der Waals surface area contributed by atoms with E-state index in [0.29, 0.717) is 13.0 Å². The molecule has 108 valence electrons. The second-order valence-corrected chi connectivity index (χ2v) is 5.02. The average Bonchev–Trinajstić information content (AvgIpc) is 2.76. The van der Waals surface area contributed by atoms with Gasteiger partial charge in [0.1, 0.15) is 5.82 Å². The van der Waals surface area contributed by atoms with Crippen LogP contribution < -0.4 is 0 Å². The first-order chi connectivity index (χ1) is 9.67. The summed E-state index contributed by atoms with van der Waals surface area (Å²) < 4.78 is 7.23. The van der Waals surface area contributed by atoms with Crippen LogP contribution in [0.3, 0.4) is 0 Å². The zero-order valence-corrected chi connectivity index (χ0v) is 12.4. The number of benzene rings is 1. The fraction of sp³-hybridized carbons (Fsp3) is 0.500. The third-order valence-corrected chi connectivity index (χ3v) is 3.57. The summed E-state index contributed by atoms with van der Waals surface area (Å²) in [4.78, 5) is 16.6. The topological polar surface area (TPSA) is 44.1 Å². The van der Waals surface area contributed by atoms with E-state index in [9.17, 15) is 4.79 Å². The molecule has 2 rings (SSSR count). The lowest BCUT2D eigenvalue weighted by Gasteiger charge is -2.14. The molecule has 0 bridgehead atoms. The lowest BCUT2D eigenvalue weighted by atomic mass is 9.99. The minimum Gasteiger partial charge on any atom is -0.466 e. The molecule has 1 aromatic heterocycles. The zero-order valence-electron chi connectivity index (χ0n) is 12.4. The number of carbonyl (C=O) groups is 1. The van der Waals surface area contributed by atoms with E-state index in [2.05, 4.69) is 16.5 Å². The van der Waals surface area contributed by atoms with Crippen LogP contribution in [0, 0.1) is 5.92 Å². The third kappa shape index (κ3) is 3.00. The SMILES string of the molecule is CCCC(Cc1nc2ccccc2n1C)C(=O)OCC. The highest BCUT2D eigenvalue weighted by Gasteiger charge is 2.22. The number of imidazole rings is 1. The standard InChI is InChI=1S/C16H22N2O2/c1-4-8-12(16(19)20-5-2)11-15-17-13-9-6-7-10-14(13)18(15)3/h6-7,9-10,12H,4-5,8,11H2,1-3H3. The molecule has 0 N–H and O–H groups in total. The maximum Gasteiger partial charge on any atom is 0.309 e. The van der Waals surface area contributed by atoms with Gasteiger partial charge in [0.2, 0.25) is 0 Å².